The first-order chi connectivity index (χ1) is 9.72. The average molecular weight is 288 g/mol. The molecule has 0 amide bonds. The normalized spacial score (nSPS) is 12.8. The van der Waals surface area contributed by atoms with Gasteiger partial charge in [-0.2, -0.15) is 5.10 Å². The van der Waals surface area contributed by atoms with Crippen molar-refractivity contribution >= 4 is 22.4 Å². The third-order valence-corrected chi connectivity index (χ3v) is 3.65. The number of hydrogen-bond acceptors (Lipinski definition) is 3. The van der Waals surface area contributed by atoms with Crippen molar-refractivity contribution in [2.24, 2.45) is 0 Å². The van der Waals surface area contributed by atoms with Gasteiger partial charge in [0, 0.05) is 18.1 Å². The Balaban J connectivity index is 2.17. The van der Waals surface area contributed by atoms with Gasteiger partial charge in [-0.05, 0) is 18.4 Å². The van der Waals surface area contributed by atoms with Crippen molar-refractivity contribution in [3.8, 4) is 0 Å². The number of nitrogens with zero attached hydrogens (tertiary/aromatic N) is 3. The van der Waals surface area contributed by atoms with Gasteiger partial charge in [0.05, 0.1) is 22.6 Å². The zero-order valence-electron chi connectivity index (χ0n) is 11.0. The molecule has 0 radical (unpaired) electrons. The lowest BCUT2D eigenvalue weighted by atomic mass is 10.0. The van der Waals surface area contributed by atoms with E-state index < -0.39 is 6.10 Å². The Hall–Kier alpha value is -1.91. The zero-order valence-corrected chi connectivity index (χ0v) is 11.7. The predicted octanol–water partition coefficient (Wildman–Crippen LogP) is 3.19. The Morgan fingerprint density at radius 1 is 1.30 bits per heavy atom. The molecule has 4 nitrogen and oxygen atoms in total. The van der Waals surface area contributed by atoms with Gasteiger partial charge in [-0.15, -0.1) is 0 Å². The van der Waals surface area contributed by atoms with Gasteiger partial charge in [0.15, 0.2) is 0 Å². The highest BCUT2D eigenvalue weighted by molar-refractivity contribution is 6.31. The summed E-state index contributed by atoms with van der Waals surface area (Å²) < 4.78 is 1.69. The molecular weight excluding hydrogens is 274 g/mol. The fourth-order valence-electron chi connectivity index (χ4n) is 2.39. The van der Waals surface area contributed by atoms with Crippen molar-refractivity contribution in [3.63, 3.8) is 0 Å². The molecule has 0 aliphatic carbocycles. The van der Waals surface area contributed by atoms with Crippen molar-refractivity contribution in [1.29, 1.82) is 0 Å². The number of benzene rings is 1. The molecule has 20 heavy (non-hydrogen) atoms. The maximum atomic E-state index is 10.7. The summed E-state index contributed by atoms with van der Waals surface area (Å²) in [5.41, 5.74) is 1.18. The highest BCUT2D eigenvalue weighted by Crippen LogP contribution is 2.30. The van der Waals surface area contributed by atoms with Crippen LogP contribution in [0.3, 0.4) is 0 Å². The lowest BCUT2D eigenvalue weighted by Crippen LogP contribution is -2.11. The second-order valence-electron chi connectivity index (χ2n) is 4.51. The molecule has 5 heteroatoms. The number of aliphatic hydroxyl groups is 1. The third-order valence-electron chi connectivity index (χ3n) is 3.36. The number of aliphatic hydroxyl groups excluding tert-OH is 1. The number of aromatic nitrogens is 3. The first kappa shape index (κ1) is 13.1. The van der Waals surface area contributed by atoms with E-state index in [1.165, 1.54) is 0 Å². The van der Waals surface area contributed by atoms with Crippen LogP contribution < -0.4 is 0 Å². The number of pyridine rings is 1. The smallest absolute Gasteiger partial charge is 0.140 e. The summed E-state index contributed by atoms with van der Waals surface area (Å²) in [6, 6.07) is 9.75. The predicted molar refractivity (Wildman–Crippen MR) is 78.7 cm³/mol. The molecule has 1 N–H and O–H groups in total. The highest BCUT2D eigenvalue weighted by Gasteiger charge is 2.22. The minimum absolute atomic E-state index is 0.453. The van der Waals surface area contributed by atoms with E-state index in [4.69, 9.17) is 11.6 Å². The van der Waals surface area contributed by atoms with Crippen LogP contribution >= 0.6 is 11.6 Å². The first-order valence-electron chi connectivity index (χ1n) is 6.45. The van der Waals surface area contributed by atoms with Gasteiger partial charge in [-0.1, -0.05) is 35.9 Å². The summed E-state index contributed by atoms with van der Waals surface area (Å²) >= 11 is 6.15. The SMILES string of the molecule is CCn1ncc(Cl)c1C(O)c1nccc2ccccc12. The molecule has 0 fully saturated rings. The second-order valence-corrected chi connectivity index (χ2v) is 4.92. The number of halogens is 1. The molecule has 0 aliphatic rings. The van der Waals surface area contributed by atoms with Crippen molar-refractivity contribution in [1.82, 2.24) is 14.8 Å². The Morgan fingerprint density at radius 3 is 2.90 bits per heavy atom. The van der Waals surface area contributed by atoms with Crippen LogP contribution in [0.5, 0.6) is 0 Å². The molecular formula is C15H14ClN3O. The van der Waals surface area contributed by atoms with E-state index in [-0.39, 0.29) is 0 Å². The van der Waals surface area contributed by atoms with Gasteiger partial charge in [0.2, 0.25) is 0 Å². The Labute approximate surface area is 121 Å². The quantitative estimate of drug-likeness (QED) is 0.805. The van der Waals surface area contributed by atoms with Crippen molar-refractivity contribution < 1.29 is 5.11 Å². The summed E-state index contributed by atoms with van der Waals surface area (Å²) in [6.45, 7) is 2.60. The molecule has 0 bridgehead atoms. The fourth-order valence-corrected chi connectivity index (χ4v) is 2.63. The van der Waals surface area contributed by atoms with E-state index in [1.807, 2.05) is 37.3 Å². The van der Waals surface area contributed by atoms with E-state index in [2.05, 4.69) is 10.1 Å². The van der Waals surface area contributed by atoms with E-state index in [0.29, 0.717) is 23.0 Å². The molecule has 1 aromatic carbocycles. The summed E-state index contributed by atoms with van der Waals surface area (Å²) in [6.07, 6.45) is 2.35. The maximum Gasteiger partial charge on any atom is 0.140 e. The van der Waals surface area contributed by atoms with E-state index in [1.54, 1.807) is 17.1 Å². The van der Waals surface area contributed by atoms with Crippen LogP contribution in [-0.2, 0) is 6.54 Å². The molecule has 0 aliphatic heterocycles. The fraction of sp³-hybridized carbons (Fsp3) is 0.200. The summed E-state index contributed by atoms with van der Waals surface area (Å²) in [4.78, 5) is 4.33. The Morgan fingerprint density at radius 2 is 2.10 bits per heavy atom. The zero-order chi connectivity index (χ0) is 14.1. The van der Waals surface area contributed by atoms with Crippen LogP contribution in [0.4, 0.5) is 0 Å². The number of rotatable bonds is 3. The van der Waals surface area contributed by atoms with Gasteiger partial charge in [-0.3, -0.25) is 9.67 Å². The van der Waals surface area contributed by atoms with Crippen LogP contribution in [0.15, 0.2) is 42.7 Å². The molecule has 1 unspecified atom stereocenters. The van der Waals surface area contributed by atoms with Crippen molar-refractivity contribution in [2.45, 2.75) is 19.6 Å². The Kier molecular flexibility index (Phi) is 3.42. The van der Waals surface area contributed by atoms with Gasteiger partial charge >= 0.3 is 0 Å². The maximum absolute atomic E-state index is 10.7. The van der Waals surface area contributed by atoms with Crippen LogP contribution in [0, 0.1) is 0 Å². The monoisotopic (exact) mass is 287 g/mol. The first-order valence-corrected chi connectivity index (χ1v) is 6.83. The molecule has 3 rings (SSSR count). The molecule has 2 heterocycles. The van der Waals surface area contributed by atoms with E-state index in [0.717, 1.165) is 10.8 Å². The number of hydrogen-bond donors (Lipinski definition) is 1. The minimum atomic E-state index is -0.893. The average Bonchev–Trinajstić information content (AvgIpc) is 2.87. The van der Waals surface area contributed by atoms with Gasteiger partial charge in [0.25, 0.3) is 0 Å². The van der Waals surface area contributed by atoms with Gasteiger partial charge in [0.1, 0.15) is 6.10 Å². The minimum Gasteiger partial charge on any atom is -0.380 e. The van der Waals surface area contributed by atoms with E-state index in [9.17, 15) is 5.11 Å². The third kappa shape index (κ3) is 2.07. The lowest BCUT2D eigenvalue weighted by Gasteiger charge is -2.14. The molecule has 0 spiro atoms. The Bertz CT molecular complexity index is 748. The second kappa shape index (κ2) is 5.23. The standard InChI is InChI=1S/C15H14ClN3O/c1-2-19-14(12(16)9-18-19)15(20)13-11-6-4-3-5-10(11)7-8-17-13/h3-9,15,20H,2H2,1H3. The summed E-state index contributed by atoms with van der Waals surface area (Å²) in [7, 11) is 0. The van der Waals surface area contributed by atoms with Crippen LogP contribution in [-0.4, -0.2) is 19.9 Å². The highest BCUT2D eigenvalue weighted by atomic mass is 35.5. The van der Waals surface area contributed by atoms with Crippen molar-refractivity contribution in [3.05, 3.63) is 59.1 Å². The van der Waals surface area contributed by atoms with Crippen LogP contribution in [0.2, 0.25) is 5.02 Å². The molecule has 1 atom stereocenters. The number of fused-ring (bicyclic) bond motifs is 1. The lowest BCUT2D eigenvalue weighted by molar-refractivity contribution is 0.205. The molecule has 0 saturated heterocycles. The largest absolute Gasteiger partial charge is 0.380 e. The van der Waals surface area contributed by atoms with E-state index >= 15 is 0 Å². The number of aryl methyl sites for hydroxylation is 1. The summed E-state index contributed by atoms with van der Waals surface area (Å²) in [5, 5.41) is 17.2. The van der Waals surface area contributed by atoms with Crippen LogP contribution in [0.25, 0.3) is 10.8 Å². The summed E-state index contributed by atoms with van der Waals surface area (Å²) in [5.74, 6) is 0. The molecule has 2 aromatic heterocycles. The molecule has 3 aromatic rings. The molecule has 0 saturated carbocycles. The van der Waals surface area contributed by atoms with Crippen molar-refractivity contribution in [2.75, 3.05) is 0 Å². The van der Waals surface area contributed by atoms with Crippen LogP contribution in [0.1, 0.15) is 24.4 Å². The van der Waals surface area contributed by atoms with Gasteiger partial charge < -0.3 is 5.11 Å². The van der Waals surface area contributed by atoms with Gasteiger partial charge in [-0.25, -0.2) is 0 Å². The topological polar surface area (TPSA) is 50.9 Å². The molecule has 102 valence electrons.